The number of likely N-dealkylation sites (tertiary alicyclic amines) is 1. The fourth-order valence-corrected chi connectivity index (χ4v) is 9.31. The van der Waals surface area contributed by atoms with Gasteiger partial charge in [-0.3, -0.25) is 0 Å². The van der Waals surface area contributed by atoms with Gasteiger partial charge < -0.3 is 10.6 Å². The molecule has 7 nitrogen and oxygen atoms in total. The third-order valence-electron chi connectivity index (χ3n) is 7.90. The molecule has 3 atom stereocenters. The van der Waals surface area contributed by atoms with Crippen LogP contribution in [0.4, 0.5) is 23.8 Å². The maximum absolute atomic E-state index is 13.8. The second-order valence-electron chi connectivity index (χ2n) is 10.8. The van der Waals surface area contributed by atoms with Crippen LogP contribution in [0.1, 0.15) is 49.4 Å². The molecule has 0 aliphatic carbocycles. The molecule has 2 unspecified atom stereocenters. The molecule has 1 aliphatic rings. The SMILES string of the molecule is CC(Nc1cc(CNC(=O)[N+]2(S(=O)(=O)c3ccc(Cl)s3)CCC[C@H]2C)cc(-c2ccc(C(F)(F)F)cc2)n1)c1ccccc1. The van der Waals surface area contributed by atoms with Crippen LogP contribution in [0.25, 0.3) is 11.3 Å². The summed E-state index contributed by atoms with van der Waals surface area (Å²) < 4.78 is 66.8. The highest BCUT2D eigenvalue weighted by atomic mass is 35.5. The monoisotopic (exact) mass is 663 g/mol. The highest BCUT2D eigenvalue weighted by Gasteiger charge is 2.57. The number of hydrogen-bond acceptors (Lipinski definition) is 6. The van der Waals surface area contributed by atoms with E-state index < -0.39 is 37.7 Å². The lowest BCUT2D eigenvalue weighted by Gasteiger charge is -2.33. The quantitative estimate of drug-likeness (QED) is 0.185. The van der Waals surface area contributed by atoms with Gasteiger partial charge in [-0.25, -0.2) is 9.78 Å². The van der Waals surface area contributed by atoms with Crippen LogP contribution in [0.5, 0.6) is 0 Å². The van der Waals surface area contributed by atoms with E-state index >= 15 is 0 Å². The van der Waals surface area contributed by atoms with Crippen LogP contribution in [0, 0.1) is 0 Å². The van der Waals surface area contributed by atoms with E-state index in [1.54, 1.807) is 19.1 Å². The van der Waals surface area contributed by atoms with E-state index in [4.69, 9.17) is 11.6 Å². The number of urea groups is 1. The van der Waals surface area contributed by atoms with E-state index in [9.17, 15) is 26.4 Å². The molecule has 0 spiro atoms. The number of aromatic nitrogens is 1. The van der Waals surface area contributed by atoms with E-state index in [1.165, 1.54) is 24.3 Å². The average Bonchev–Trinajstić information content (AvgIpc) is 3.62. The predicted molar refractivity (Wildman–Crippen MR) is 166 cm³/mol. The summed E-state index contributed by atoms with van der Waals surface area (Å²) in [4.78, 5) is 18.5. The molecule has 0 saturated carbocycles. The minimum atomic E-state index is -4.48. The molecule has 44 heavy (non-hydrogen) atoms. The fraction of sp³-hybridized carbons (Fsp3) is 0.290. The van der Waals surface area contributed by atoms with Gasteiger partial charge in [0, 0.05) is 31.0 Å². The Kier molecular flexibility index (Phi) is 9.08. The fourth-order valence-electron chi connectivity index (χ4n) is 5.51. The summed E-state index contributed by atoms with van der Waals surface area (Å²) in [6.07, 6.45) is -3.35. The van der Waals surface area contributed by atoms with Crippen molar-refractivity contribution in [2.45, 2.75) is 55.7 Å². The highest BCUT2D eigenvalue weighted by molar-refractivity contribution is 7.88. The van der Waals surface area contributed by atoms with E-state index in [2.05, 4.69) is 15.6 Å². The Bertz CT molecular complexity index is 1750. The number of pyridine rings is 1. The second kappa shape index (κ2) is 12.5. The summed E-state index contributed by atoms with van der Waals surface area (Å²) in [6, 6.07) is 19.4. The van der Waals surface area contributed by atoms with Crippen LogP contribution in [-0.2, 0) is 22.7 Å². The third-order valence-corrected chi connectivity index (χ3v) is 12.0. The highest BCUT2D eigenvalue weighted by Crippen LogP contribution is 2.39. The molecular weight excluding hydrogens is 633 g/mol. The van der Waals surface area contributed by atoms with Gasteiger partial charge in [0.1, 0.15) is 18.4 Å². The Balaban J connectivity index is 1.46. The molecule has 1 fully saturated rings. The number of rotatable bonds is 8. The van der Waals surface area contributed by atoms with Gasteiger partial charge in [0.05, 0.1) is 15.6 Å². The van der Waals surface area contributed by atoms with Crippen molar-refractivity contribution in [1.29, 1.82) is 0 Å². The number of nitrogens with one attached hydrogen (secondary N) is 2. The number of quaternary nitrogens is 1. The number of sulfonamides is 1. The molecule has 5 rings (SSSR count). The number of thiophene rings is 1. The number of halogens is 4. The lowest BCUT2D eigenvalue weighted by Crippen LogP contribution is -2.62. The largest absolute Gasteiger partial charge is 0.432 e. The van der Waals surface area contributed by atoms with Gasteiger partial charge in [0.15, 0.2) is 4.21 Å². The molecule has 2 amide bonds. The van der Waals surface area contributed by atoms with E-state index in [1.807, 2.05) is 37.3 Å². The van der Waals surface area contributed by atoms with E-state index in [0.29, 0.717) is 39.8 Å². The number of carbonyl (C=O) groups is 1. The molecule has 0 bridgehead atoms. The molecule has 3 heterocycles. The Morgan fingerprint density at radius 2 is 1.80 bits per heavy atom. The van der Waals surface area contributed by atoms with Crippen molar-refractivity contribution >= 4 is 44.8 Å². The first-order valence-corrected chi connectivity index (χ1v) is 16.6. The van der Waals surface area contributed by atoms with Crippen molar-refractivity contribution in [3.8, 4) is 11.3 Å². The number of benzene rings is 2. The van der Waals surface area contributed by atoms with E-state index in [-0.39, 0.29) is 23.3 Å². The van der Waals surface area contributed by atoms with Crippen LogP contribution in [-0.4, -0.2) is 35.9 Å². The molecule has 0 radical (unpaired) electrons. The van der Waals surface area contributed by atoms with Crippen LogP contribution >= 0.6 is 22.9 Å². The maximum Gasteiger partial charge on any atom is 0.432 e. The van der Waals surface area contributed by atoms with Crippen molar-refractivity contribution in [3.05, 3.63) is 99.9 Å². The van der Waals surface area contributed by atoms with Crippen molar-refractivity contribution in [1.82, 2.24) is 10.3 Å². The summed E-state index contributed by atoms with van der Waals surface area (Å²) in [5.74, 6) is 0.447. The smallest absolute Gasteiger partial charge is 0.364 e. The third kappa shape index (κ3) is 6.35. The molecule has 2 N–H and O–H groups in total. The summed E-state index contributed by atoms with van der Waals surface area (Å²) in [6.45, 7) is 3.80. The summed E-state index contributed by atoms with van der Waals surface area (Å²) in [7, 11) is -4.11. The molecule has 1 saturated heterocycles. The predicted octanol–water partition coefficient (Wildman–Crippen LogP) is 8.25. The molecule has 2 aromatic carbocycles. The van der Waals surface area contributed by atoms with Crippen LogP contribution in [0.2, 0.25) is 4.34 Å². The molecular formula is C31H31ClF3N4O3S2+. The van der Waals surface area contributed by atoms with Crippen molar-refractivity contribution < 1.29 is 30.3 Å². The Labute approximate surface area is 263 Å². The zero-order chi connectivity index (χ0) is 31.7. The maximum atomic E-state index is 13.8. The second-order valence-corrected chi connectivity index (χ2v) is 14.8. The molecule has 2 aromatic heterocycles. The van der Waals surface area contributed by atoms with Crippen LogP contribution in [0.3, 0.4) is 0 Å². The van der Waals surface area contributed by atoms with Crippen LogP contribution < -0.4 is 10.6 Å². The summed E-state index contributed by atoms with van der Waals surface area (Å²) in [5, 5.41) is 6.17. The van der Waals surface area contributed by atoms with Gasteiger partial charge in [0.25, 0.3) is 0 Å². The first kappa shape index (κ1) is 32.0. The Hall–Kier alpha value is -3.45. The normalized spacial score (nSPS) is 19.5. The molecule has 1 aliphatic heterocycles. The first-order valence-electron chi connectivity index (χ1n) is 14.0. The molecule has 13 heteroatoms. The van der Waals surface area contributed by atoms with Gasteiger partial charge >= 0.3 is 22.2 Å². The lowest BCUT2D eigenvalue weighted by molar-refractivity contribution is -0.733. The van der Waals surface area contributed by atoms with Gasteiger partial charge in [0.2, 0.25) is 0 Å². The topological polar surface area (TPSA) is 88.2 Å². The number of amides is 2. The van der Waals surface area contributed by atoms with Crippen molar-refractivity contribution in [3.63, 3.8) is 0 Å². The van der Waals surface area contributed by atoms with Crippen LogP contribution in [0.15, 0.2) is 83.1 Å². The molecule has 4 aromatic rings. The van der Waals surface area contributed by atoms with Gasteiger partial charge in [-0.2, -0.15) is 21.6 Å². The Morgan fingerprint density at radius 3 is 2.39 bits per heavy atom. The van der Waals surface area contributed by atoms with Crippen molar-refractivity contribution in [2.75, 3.05) is 11.9 Å². The zero-order valence-corrected chi connectivity index (χ0v) is 26.3. The minimum Gasteiger partial charge on any atom is -0.364 e. The average molecular weight is 664 g/mol. The number of nitrogens with zero attached hydrogens (tertiary/aromatic N) is 2. The van der Waals surface area contributed by atoms with E-state index in [0.717, 1.165) is 29.0 Å². The number of alkyl halides is 3. The number of carbonyl (C=O) groups excluding carboxylic acids is 1. The standard InChI is InChI=1S/C31H30ClF3N4O3S2/c1-20-7-6-16-39(20,44(41,42)29-15-14-27(32)43-29)30(40)36-19-22-17-26(24-10-12-25(13-11-24)31(33,34)35)38-28(18-22)37-21(2)23-8-4-3-5-9-23/h3-5,8-15,17-18,20-21H,6-7,16,19H2,1-2H3,(H-,36,37,38,40)/p+1/t20-,21?,39?/m1/s1. The zero-order valence-electron chi connectivity index (χ0n) is 23.9. The summed E-state index contributed by atoms with van der Waals surface area (Å²) >= 11 is 6.96. The molecule has 232 valence electrons. The summed E-state index contributed by atoms with van der Waals surface area (Å²) in [5.41, 5.74) is 1.66. The van der Waals surface area contributed by atoms with Gasteiger partial charge in [-0.05, 0) is 61.4 Å². The lowest BCUT2D eigenvalue weighted by atomic mass is 10.1. The Morgan fingerprint density at radius 1 is 1.09 bits per heavy atom. The van der Waals surface area contributed by atoms with Gasteiger partial charge in [-0.15, -0.1) is 15.2 Å². The number of hydrogen-bond donors (Lipinski definition) is 2. The van der Waals surface area contributed by atoms with Gasteiger partial charge in [-0.1, -0.05) is 54.1 Å². The minimum absolute atomic E-state index is 0.0290. The first-order chi connectivity index (χ1) is 20.8. The van der Waals surface area contributed by atoms with Crippen molar-refractivity contribution in [2.24, 2.45) is 0 Å². The number of anilines is 1.